The second-order valence-corrected chi connectivity index (χ2v) is 4.25. The van der Waals surface area contributed by atoms with E-state index in [2.05, 4.69) is 6.58 Å². The molecule has 0 spiro atoms. The molecular weight excluding hydrogens is 194 g/mol. The van der Waals surface area contributed by atoms with Gasteiger partial charge in [-0.3, -0.25) is 0 Å². The van der Waals surface area contributed by atoms with Crippen molar-refractivity contribution in [2.45, 2.75) is 31.6 Å². The van der Waals surface area contributed by atoms with Crippen molar-refractivity contribution in [2.24, 2.45) is 5.92 Å². The predicted molar refractivity (Wildman–Crippen MR) is 66.1 cm³/mol. The maximum atomic E-state index is 8.95. The summed E-state index contributed by atoms with van der Waals surface area (Å²) in [4.78, 5) is 0. The molecule has 1 aromatic carbocycles. The first kappa shape index (κ1) is 6.91. The van der Waals surface area contributed by atoms with Crippen LogP contribution in [-0.4, -0.2) is 0 Å². The van der Waals surface area contributed by atoms with Crippen molar-refractivity contribution >= 4 is 0 Å². The van der Waals surface area contributed by atoms with E-state index >= 15 is 0 Å². The van der Waals surface area contributed by atoms with E-state index in [0.29, 0.717) is 11.5 Å². The summed E-state index contributed by atoms with van der Waals surface area (Å²) in [6.07, 6.45) is 5.57. The third-order valence-corrected chi connectivity index (χ3v) is 3.27. The quantitative estimate of drug-likeness (QED) is 0.684. The smallest absolute Gasteiger partial charge is 0.0991 e. The van der Waals surface area contributed by atoms with Crippen LogP contribution >= 0.6 is 0 Å². The van der Waals surface area contributed by atoms with Gasteiger partial charge >= 0.3 is 0 Å². The van der Waals surface area contributed by atoms with Crippen LogP contribution < -0.4 is 0 Å². The van der Waals surface area contributed by atoms with E-state index < -0.39 is 0 Å². The lowest BCUT2D eigenvalue weighted by molar-refractivity contribution is 0.376. The summed E-state index contributed by atoms with van der Waals surface area (Å²) in [5.74, 6) is 0.533. The van der Waals surface area contributed by atoms with E-state index in [0.717, 1.165) is 25.7 Å². The maximum Gasteiger partial charge on any atom is 0.0991 e. The summed E-state index contributed by atoms with van der Waals surface area (Å²) in [5, 5.41) is 8.95. The summed E-state index contributed by atoms with van der Waals surface area (Å²) in [7, 11) is 0. The summed E-state index contributed by atoms with van der Waals surface area (Å²) in [6.45, 7) is 3.80. The Bertz CT molecular complexity index is 552. The highest BCUT2D eigenvalue weighted by molar-refractivity contribution is 5.33. The van der Waals surface area contributed by atoms with Gasteiger partial charge in [-0.2, -0.15) is 5.26 Å². The van der Waals surface area contributed by atoms with Gasteiger partial charge in [-0.1, -0.05) is 18.2 Å². The molecule has 2 rings (SSSR count). The third kappa shape index (κ3) is 2.33. The van der Waals surface area contributed by atoms with E-state index in [1.807, 2.05) is 6.08 Å². The number of hydrogen-bond donors (Lipinski definition) is 0. The molecule has 0 aliphatic heterocycles. The highest BCUT2D eigenvalue weighted by atomic mass is 14.3. The fraction of sp³-hybridized carbons (Fsp3) is 0.400. The molecule has 0 saturated heterocycles. The third-order valence-electron chi connectivity index (χ3n) is 3.27. The minimum atomic E-state index is -0.214. The fourth-order valence-corrected chi connectivity index (χ4v) is 2.23. The van der Waals surface area contributed by atoms with Crippen LogP contribution in [0.5, 0.6) is 0 Å². The molecule has 1 aliphatic carbocycles. The molecule has 0 amide bonds. The number of hydrogen-bond acceptors (Lipinski definition) is 1. The molecule has 16 heavy (non-hydrogen) atoms. The Morgan fingerprint density at radius 2 is 1.88 bits per heavy atom. The lowest BCUT2D eigenvalue weighted by Crippen LogP contribution is -2.11. The number of allylic oxidation sites excluding steroid dienone is 1. The van der Waals surface area contributed by atoms with Crippen molar-refractivity contribution < 1.29 is 5.48 Å². The van der Waals surface area contributed by atoms with Crippen LogP contribution in [-0.2, 0) is 0 Å². The molecule has 1 saturated carbocycles. The van der Waals surface area contributed by atoms with Gasteiger partial charge in [0.2, 0.25) is 0 Å². The Morgan fingerprint density at radius 3 is 2.38 bits per heavy atom. The van der Waals surface area contributed by atoms with Crippen LogP contribution in [0.2, 0.25) is 0 Å². The standard InChI is InChI=1S/C15H17N/c1-2-12-3-7-14(8-4-12)15-9-5-13(11-16)6-10-15/h2,5-6,9-10,12,14H,1,3-4,7-8H2/i5D,6D,9D,10D. The van der Waals surface area contributed by atoms with Crippen LogP contribution in [0.4, 0.5) is 0 Å². The van der Waals surface area contributed by atoms with Crippen LogP contribution in [0.25, 0.3) is 0 Å². The molecule has 0 radical (unpaired) electrons. The summed E-state index contributed by atoms with van der Waals surface area (Å²) < 4.78 is 31.8. The lowest BCUT2D eigenvalue weighted by Gasteiger charge is -2.26. The zero-order valence-corrected chi connectivity index (χ0v) is 9.21. The van der Waals surface area contributed by atoms with Crippen molar-refractivity contribution in [3.05, 3.63) is 48.0 Å². The molecule has 0 aromatic heterocycles. The highest BCUT2D eigenvalue weighted by Gasteiger charge is 2.20. The molecule has 1 heteroatoms. The van der Waals surface area contributed by atoms with Crippen molar-refractivity contribution in [1.82, 2.24) is 0 Å². The maximum absolute atomic E-state index is 8.95. The topological polar surface area (TPSA) is 23.8 Å². The highest BCUT2D eigenvalue weighted by Crippen LogP contribution is 2.35. The van der Waals surface area contributed by atoms with Crippen LogP contribution in [0.1, 0.15) is 48.2 Å². The van der Waals surface area contributed by atoms with Crippen LogP contribution in [0.3, 0.4) is 0 Å². The lowest BCUT2D eigenvalue weighted by atomic mass is 9.79. The van der Waals surface area contributed by atoms with Gasteiger partial charge in [0.1, 0.15) is 0 Å². The first-order chi connectivity index (χ1) is 9.51. The fourth-order valence-electron chi connectivity index (χ4n) is 2.23. The van der Waals surface area contributed by atoms with E-state index in [-0.39, 0.29) is 35.7 Å². The number of benzene rings is 1. The largest absolute Gasteiger partial charge is 0.192 e. The van der Waals surface area contributed by atoms with Crippen molar-refractivity contribution in [3.8, 4) is 6.07 Å². The summed E-state index contributed by atoms with van der Waals surface area (Å²) in [5.41, 5.74) is 0.310. The van der Waals surface area contributed by atoms with Gasteiger partial charge in [0, 0.05) is 0 Å². The molecule has 1 fully saturated rings. The first-order valence-corrected chi connectivity index (χ1v) is 5.64. The predicted octanol–water partition coefficient (Wildman–Crippen LogP) is 4.02. The minimum absolute atomic E-state index is 0.0483. The average Bonchev–Trinajstić information content (AvgIpc) is 2.47. The van der Waals surface area contributed by atoms with Gasteiger partial charge in [0.25, 0.3) is 0 Å². The Hall–Kier alpha value is -1.55. The van der Waals surface area contributed by atoms with Gasteiger partial charge in [0.05, 0.1) is 17.1 Å². The summed E-state index contributed by atoms with van der Waals surface area (Å²) in [6, 6.07) is 1.23. The van der Waals surface area contributed by atoms with E-state index in [4.69, 9.17) is 10.7 Å². The molecule has 1 nitrogen and oxygen atoms in total. The first-order valence-electron chi connectivity index (χ1n) is 7.64. The SMILES string of the molecule is [2H]c1c([2H])c(C2CCC(C=C)CC2)c([2H])c([2H])c1C#N. The van der Waals surface area contributed by atoms with Gasteiger partial charge in [-0.15, -0.1) is 6.58 Å². The van der Waals surface area contributed by atoms with Gasteiger partial charge < -0.3 is 0 Å². The number of nitriles is 1. The second kappa shape index (κ2) is 4.99. The number of nitrogens with zero attached hydrogens (tertiary/aromatic N) is 1. The van der Waals surface area contributed by atoms with Crippen LogP contribution in [0, 0.1) is 17.2 Å². The minimum Gasteiger partial charge on any atom is -0.192 e. The molecule has 0 bridgehead atoms. The van der Waals surface area contributed by atoms with E-state index in [9.17, 15) is 0 Å². The van der Waals surface area contributed by atoms with Crippen molar-refractivity contribution in [1.29, 1.82) is 5.26 Å². The molecule has 0 heterocycles. The molecule has 0 unspecified atom stereocenters. The van der Waals surface area contributed by atoms with E-state index in [1.54, 1.807) is 6.07 Å². The molecule has 0 N–H and O–H groups in total. The molecule has 1 aliphatic rings. The van der Waals surface area contributed by atoms with Gasteiger partial charge in [0.15, 0.2) is 0 Å². The van der Waals surface area contributed by atoms with E-state index in [1.165, 1.54) is 0 Å². The van der Waals surface area contributed by atoms with Gasteiger partial charge in [-0.05, 0) is 55.2 Å². The van der Waals surface area contributed by atoms with Crippen molar-refractivity contribution in [2.75, 3.05) is 0 Å². The molecule has 82 valence electrons. The normalized spacial score (nSPS) is 28.2. The average molecular weight is 215 g/mol. The second-order valence-electron chi connectivity index (χ2n) is 4.25. The zero-order chi connectivity index (χ0) is 14.9. The molecular formula is C15H17N. The Balaban J connectivity index is 2.44. The Labute approximate surface area is 103 Å². The summed E-state index contributed by atoms with van der Waals surface area (Å²) >= 11 is 0. The Morgan fingerprint density at radius 1 is 1.25 bits per heavy atom. The van der Waals surface area contributed by atoms with Crippen LogP contribution in [0.15, 0.2) is 36.8 Å². The molecule has 1 aromatic rings. The monoisotopic (exact) mass is 215 g/mol. The Kier molecular flexibility index (Phi) is 2.15. The zero-order valence-electron chi connectivity index (χ0n) is 13.2. The molecule has 0 atom stereocenters. The number of rotatable bonds is 2. The van der Waals surface area contributed by atoms with Gasteiger partial charge in [-0.25, -0.2) is 0 Å². The van der Waals surface area contributed by atoms with Crippen molar-refractivity contribution in [3.63, 3.8) is 0 Å².